The maximum Gasteiger partial charge on any atom is 0.267 e. The summed E-state index contributed by atoms with van der Waals surface area (Å²) in [6.07, 6.45) is 11.7. The second-order valence-electron chi connectivity index (χ2n) is 9.95. The van der Waals surface area contributed by atoms with Gasteiger partial charge in [-0.15, -0.1) is 0 Å². The number of nitrogens with zero attached hydrogens (tertiary/aromatic N) is 2. The summed E-state index contributed by atoms with van der Waals surface area (Å²) >= 11 is 3.50. The van der Waals surface area contributed by atoms with Crippen molar-refractivity contribution in [2.24, 2.45) is 23.7 Å². The molecule has 0 radical (unpaired) electrons. The molecule has 1 aromatic carbocycles. The van der Waals surface area contributed by atoms with Gasteiger partial charge in [0.05, 0.1) is 0 Å². The van der Waals surface area contributed by atoms with Crippen molar-refractivity contribution < 1.29 is 4.79 Å². The van der Waals surface area contributed by atoms with Gasteiger partial charge < -0.3 is 20.1 Å². The Morgan fingerprint density at radius 1 is 1.28 bits per heavy atom. The van der Waals surface area contributed by atoms with Crippen LogP contribution in [0.4, 0.5) is 0 Å². The highest BCUT2D eigenvalue weighted by Crippen LogP contribution is 2.52. The molecule has 2 N–H and O–H groups in total. The van der Waals surface area contributed by atoms with Crippen LogP contribution in [-0.2, 0) is 0 Å². The number of nitrogens with one attached hydrogen (secondary N) is 2. The van der Waals surface area contributed by atoms with Crippen molar-refractivity contribution in [1.29, 1.82) is 0 Å². The number of piperidine rings is 1. The Labute approximate surface area is 197 Å². The number of allylic oxidation sites excluding steroid dienone is 4. The van der Waals surface area contributed by atoms with E-state index in [0.29, 0.717) is 35.4 Å². The zero-order chi connectivity index (χ0) is 22.0. The summed E-state index contributed by atoms with van der Waals surface area (Å²) in [7, 11) is 4.45. The van der Waals surface area contributed by atoms with Gasteiger partial charge in [-0.05, 0) is 73.6 Å². The van der Waals surface area contributed by atoms with Crippen LogP contribution in [0.15, 0.2) is 64.4 Å². The van der Waals surface area contributed by atoms with E-state index in [2.05, 4.69) is 74.6 Å². The summed E-state index contributed by atoms with van der Waals surface area (Å²) in [6.45, 7) is 1.76. The molecule has 0 spiro atoms. The van der Waals surface area contributed by atoms with Crippen LogP contribution in [0.1, 0.15) is 23.3 Å². The summed E-state index contributed by atoms with van der Waals surface area (Å²) in [6, 6.07) is 8.55. The minimum Gasteiger partial charge on any atom is -0.354 e. The summed E-state index contributed by atoms with van der Waals surface area (Å²) in [5.74, 6) is 2.21. The Bertz CT molecular complexity index is 1180. The number of fused-ring (bicyclic) bond motifs is 3. The number of hydrogen-bond donors (Lipinski definition) is 2. The highest BCUT2D eigenvalue weighted by atomic mass is 79.9. The highest BCUT2D eigenvalue weighted by molar-refractivity contribution is 9.10. The number of H-pyrrole nitrogens is 1. The number of benzene rings is 1. The number of aromatic amines is 1. The third-order valence-corrected chi connectivity index (χ3v) is 8.49. The fraction of sp³-hybridized carbons (Fsp3) is 0.423. The lowest BCUT2D eigenvalue weighted by molar-refractivity contribution is 0.0298. The SMILES string of the molecule is CN1C=C2C[C@@H]3[C@H](C[C@@H](CNC(=O)c4cc5cc(Br)ccc5[nH]4)CN3C)C3C=CC=C1C23. The summed E-state index contributed by atoms with van der Waals surface area (Å²) in [4.78, 5) is 21.0. The van der Waals surface area contributed by atoms with Gasteiger partial charge in [-0.3, -0.25) is 4.79 Å². The number of halogens is 1. The van der Waals surface area contributed by atoms with Gasteiger partial charge in [-0.25, -0.2) is 0 Å². The van der Waals surface area contributed by atoms with Gasteiger partial charge in [-0.1, -0.05) is 28.1 Å². The van der Waals surface area contributed by atoms with Crippen LogP contribution >= 0.6 is 15.9 Å². The first-order chi connectivity index (χ1) is 15.5. The number of rotatable bonds is 3. The average Bonchev–Trinajstić information content (AvgIpc) is 3.34. The standard InChI is InChI=1S/C26H29BrN4O/c1-30-13-15(12-28-26(32)22-10-16-9-18(27)6-7-21(16)29-22)8-20-19-4-3-5-23-25(19)17(11-24(20)30)14-31(23)2/h3-7,9-10,14-15,19-20,24-25,29H,8,11-13H2,1-2H3,(H,28,32)/t15-,19?,20+,24+,25?/m0/s1. The van der Waals surface area contributed by atoms with Crippen molar-refractivity contribution in [3.63, 3.8) is 0 Å². The smallest absolute Gasteiger partial charge is 0.267 e. The molecule has 1 amide bonds. The lowest BCUT2D eigenvalue weighted by Gasteiger charge is -2.51. The molecular formula is C26H29BrN4O. The van der Waals surface area contributed by atoms with Crippen molar-refractivity contribution in [3.05, 3.63) is 70.1 Å². The van der Waals surface area contributed by atoms with Crippen LogP contribution in [0, 0.1) is 23.7 Å². The Morgan fingerprint density at radius 3 is 3.03 bits per heavy atom. The van der Waals surface area contributed by atoms with Crippen LogP contribution in [-0.4, -0.2) is 53.9 Å². The van der Waals surface area contributed by atoms with Gasteiger partial charge in [0.25, 0.3) is 5.91 Å². The number of amides is 1. The molecule has 32 heavy (non-hydrogen) atoms. The maximum atomic E-state index is 12.9. The van der Waals surface area contributed by atoms with E-state index in [9.17, 15) is 4.79 Å². The fourth-order valence-corrected chi connectivity index (χ4v) is 6.97. The topological polar surface area (TPSA) is 51.4 Å². The quantitative estimate of drug-likeness (QED) is 0.662. The zero-order valence-corrected chi connectivity index (χ0v) is 20.1. The molecule has 2 unspecified atom stereocenters. The molecule has 166 valence electrons. The van der Waals surface area contributed by atoms with Gasteiger partial charge in [0, 0.05) is 59.4 Å². The van der Waals surface area contributed by atoms with Crippen molar-refractivity contribution in [2.75, 3.05) is 27.2 Å². The van der Waals surface area contributed by atoms with E-state index < -0.39 is 0 Å². The molecule has 0 bridgehead atoms. The Balaban J connectivity index is 1.16. The maximum absolute atomic E-state index is 12.9. The minimum absolute atomic E-state index is 0.0174. The van der Waals surface area contributed by atoms with Crippen LogP contribution in [0.2, 0.25) is 0 Å². The van der Waals surface area contributed by atoms with Crippen molar-refractivity contribution >= 4 is 32.7 Å². The Hall–Kier alpha value is -2.31. The molecule has 4 aliphatic rings. The molecule has 2 aromatic rings. The number of carbonyl (C=O) groups excluding carboxylic acids is 1. The van der Waals surface area contributed by atoms with E-state index in [-0.39, 0.29) is 5.91 Å². The largest absolute Gasteiger partial charge is 0.354 e. The monoisotopic (exact) mass is 492 g/mol. The molecule has 2 aliphatic heterocycles. The van der Waals surface area contributed by atoms with Crippen molar-refractivity contribution in [1.82, 2.24) is 20.1 Å². The number of aromatic nitrogens is 1. The number of carbonyl (C=O) groups is 1. The number of likely N-dealkylation sites (tertiary alicyclic amines) is 1. The Morgan fingerprint density at radius 2 is 2.16 bits per heavy atom. The molecule has 1 aromatic heterocycles. The van der Waals surface area contributed by atoms with Crippen LogP contribution < -0.4 is 5.32 Å². The third kappa shape index (κ3) is 3.27. The molecule has 6 heteroatoms. The summed E-state index contributed by atoms with van der Waals surface area (Å²) < 4.78 is 1.02. The van der Waals surface area contributed by atoms with Gasteiger partial charge in [0.15, 0.2) is 0 Å². The first-order valence-corrected chi connectivity index (χ1v) is 12.4. The van der Waals surface area contributed by atoms with Gasteiger partial charge in [-0.2, -0.15) is 0 Å². The lowest BCUT2D eigenvalue weighted by Crippen LogP contribution is -2.54. The van der Waals surface area contributed by atoms with Crippen LogP contribution in [0.5, 0.6) is 0 Å². The zero-order valence-electron chi connectivity index (χ0n) is 18.5. The predicted octanol–water partition coefficient (Wildman–Crippen LogP) is 4.52. The molecule has 2 fully saturated rings. The highest BCUT2D eigenvalue weighted by Gasteiger charge is 2.49. The van der Waals surface area contributed by atoms with E-state index in [4.69, 9.17) is 0 Å². The molecule has 3 heterocycles. The lowest BCUT2D eigenvalue weighted by atomic mass is 9.61. The van der Waals surface area contributed by atoms with Crippen molar-refractivity contribution in [3.8, 4) is 0 Å². The first-order valence-electron chi connectivity index (χ1n) is 11.6. The molecular weight excluding hydrogens is 464 g/mol. The second kappa shape index (κ2) is 7.63. The average molecular weight is 493 g/mol. The van der Waals surface area contributed by atoms with Crippen LogP contribution in [0.25, 0.3) is 10.9 Å². The van der Waals surface area contributed by atoms with Gasteiger partial charge >= 0.3 is 0 Å². The molecule has 6 rings (SSSR count). The normalized spacial score (nSPS) is 31.2. The molecule has 5 nitrogen and oxygen atoms in total. The molecule has 1 saturated carbocycles. The van der Waals surface area contributed by atoms with E-state index in [1.165, 1.54) is 18.5 Å². The van der Waals surface area contributed by atoms with E-state index in [0.717, 1.165) is 28.5 Å². The minimum atomic E-state index is -0.0174. The summed E-state index contributed by atoms with van der Waals surface area (Å²) in [5.41, 5.74) is 4.67. The van der Waals surface area contributed by atoms with E-state index >= 15 is 0 Å². The van der Waals surface area contributed by atoms with Gasteiger partial charge in [0.1, 0.15) is 5.69 Å². The second-order valence-corrected chi connectivity index (χ2v) is 10.9. The fourth-order valence-electron chi connectivity index (χ4n) is 6.60. The summed E-state index contributed by atoms with van der Waals surface area (Å²) in [5, 5.41) is 4.26. The van der Waals surface area contributed by atoms with E-state index in [1.807, 2.05) is 24.3 Å². The number of hydrogen-bond acceptors (Lipinski definition) is 3. The Kier molecular flexibility index (Phi) is 4.84. The molecule has 2 aliphatic carbocycles. The molecule has 5 atom stereocenters. The third-order valence-electron chi connectivity index (χ3n) is 8.00. The van der Waals surface area contributed by atoms with Crippen LogP contribution in [0.3, 0.4) is 0 Å². The van der Waals surface area contributed by atoms with Crippen molar-refractivity contribution in [2.45, 2.75) is 18.9 Å². The molecule has 1 saturated heterocycles. The predicted molar refractivity (Wildman–Crippen MR) is 131 cm³/mol. The van der Waals surface area contributed by atoms with E-state index in [1.54, 1.807) is 5.57 Å². The van der Waals surface area contributed by atoms with Gasteiger partial charge in [0.2, 0.25) is 0 Å². The first kappa shape index (κ1) is 20.3.